The zero-order valence-corrected chi connectivity index (χ0v) is 11.8. The number of benzene rings is 1. The summed E-state index contributed by atoms with van der Waals surface area (Å²) in [4.78, 5) is 1.34. The Hall–Kier alpha value is -0.365. The van der Waals surface area contributed by atoms with E-state index in [0.29, 0.717) is 5.92 Å². The minimum Gasteiger partial charge on any atom is -0.260 e. The fraction of sp³-hybridized carbons (Fsp3) is 0.571. The molecule has 2 radical (unpaired) electrons. The Morgan fingerprint density at radius 3 is 2.19 bits per heavy atom. The van der Waals surface area contributed by atoms with Crippen LogP contribution in [0.2, 0.25) is 0 Å². The highest BCUT2D eigenvalue weighted by Gasteiger charge is 2.13. The average Bonchev–Trinajstić information content (AvgIpc) is 2.26. The number of hydrogen-bond donors (Lipinski definition) is 0. The van der Waals surface area contributed by atoms with E-state index in [-0.39, 0.29) is 0 Å². The van der Waals surface area contributed by atoms with Crippen LogP contribution in [0.5, 0.6) is 0 Å². The van der Waals surface area contributed by atoms with E-state index in [2.05, 4.69) is 51.3 Å². The summed E-state index contributed by atoms with van der Waals surface area (Å²) in [7, 11) is 5.37. The Bertz CT molecular complexity index is 314. The van der Waals surface area contributed by atoms with Gasteiger partial charge in [0.25, 0.3) is 0 Å². The molecule has 1 unspecified atom stereocenters. The lowest BCUT2D eigenvalue weighted by molar-refractivity contribution is 0.864. The van der Waals surface area contributed by atoms with Gasteiger partial charge in [0.2, 0.25) is 0 Å². The molecular weight excluding hydrogens is 211 g/mol. The van der Waals surface area contributed by atoms with Crippen LogP contribution in [0.4, 0.5) is 0 Å². The first-order chi connectivity index (χ1) is 7.47. The minimum atomic E-state index is -1.06. The maximum Gasteiger partial charge on any atom is 0.143 e. The maximum absolute atomic E-state index is 6.43. The summed E-state index contributed by atoms with van der Waals surface area (Å²) < 4.78 is 0. The van der Waals surface area contributed by atoms with E-state index in [4.69, 9.17) is 7.12 Å². The molecule has 16 heavy (non-hydrogen) atoms. The van der Waals surface area contributed by atoms with Gasteiger partial charge in [-0.2, -0.15) is 0 Å². The van der Waals surface area contributed by atoms with E-state index in [0.717, 1.165) is 5.75 Å². The molecular formula is C14H23BS. The lowest BCUT2D eigenvalue weighted by atomic mass is 10.0. The molecule has 0 aromatic heterocycles. The van der Waals surface area contributed by atoms with Crippen molar-refractivity contribution in [1.82, 2.24) is 0 Å². The first kappa shape index (κ1) is 13.7. The average molecular weight is 234 g/mol. The Labute approximate surface area is 103 Å². The molecule has 1 rings (SSSR count). The molecule has 0 aliphatic rings. The van der Waals surface area contributed by atoms with Gasteiger partial charge in [-0.15, -0.1) is 0 Å². The van der Waals surface area contributed by atoms with Gasteiger partial charge in [-0.3, -0.25) is 9.88 Å². The van der Waals surface area contributed by atoms with Crippen LogP contribution in [-0.2, 0) is 0 Å². The smallest absolute Gasteiger partial charge is 0.143 e. The van der Waals surface area contributed by atoms with Gasteiger partial charge in [-0.25, -0.2) is 0 Å². The van der Waals surface area contributed by atoms with E-state index < -0.39 is 9.88 Å². The van der Waals surface area contributed by atoms with Gasteiger partial charge in [0, 0.05) is 0 Å². The van der Waals surface area contributed by atoms with Gasteiger partial charge in [-0.05, 0) is 34.8 Å². The predicted molar refractivity (Wildman–Crippen MR) is 77.8 cm³/mol. The highest BCUT2D eigenvalue weighted by molar-refractivity contribution is 8.49. The van der Waals surface area contributed by atoms with Crippen molar-refractivity contribution in [3.05, 3.63) is 29.8 Å². The standard InChI is InChI=1S/C14H23BS/c1-5-6-11-16(4,15)14-9-7-13(8-10-14)12(2)3/h7-10,12H,5-6,11H2,1-4H3. The van der Waals surface area contributed by atoms with E-state index in [1.54, 1.807) is 0 Å². The zero-order valence-electron chi connectivity index (χ0n) is 11.0. The molecule has 0 aliphatic carbocycles. The second-order valence-corrected chi connectivity index (χ2v) is 8.13. The molecule has 1 aromatic rings. The molecule has 1 aromatic carbocycles. The van der Waals surface area contributed by atoms with Crippen LogP contribution in [-0.4, -0.2) is 19.1 Å². The highest BCUT2D eigenvalue weighted by atomic mass is 32.3. The summed E-state index contributed by atoms with van der Waals surface area (Å²) >= 11 is 0. The summed E-state index contributed by atoms with van der Waals surface area (Å²) in [5.74, 6) is 1.74. The van der Waals surface area contributed by atoms with Crippen molar-refractivity contribution in [2.75, 3.05) is 12.0 Å². The fourth-order valence-electron chi connectivity index (χ4n) is 1.73. The molecule has 88 valence electrons. The molecule has 0 amide bonds. The van der Waals surface area contributed by atoms with Crippen molar-refractivity contribution in [2.24, 2.45) is 0 Å². The predicted octanol–water partition coefficient (Wildman–Crippen LogP) is 4.49. The third kappa shape index (κ3) is 3.59. The summed E-state index contributed by atoms with van der Waals surface area (Å²) in [6.07, 6.45) is 4.67. The Balaban J connectivity index is 2.79. The Morgan fingerprint density at radius 1 is 1.19 bits per heavy atom. The van der Waals surface area contributed by atoms with Crippen molar-refractivity contribution >= 4 is 17.0 Å². The molecule has 0 aliphatic heterocycles. The zero-order chi connectivity index (χ0) is 12.2. The van der Waals surface area contributed by atoms with Crippen LogP contribution in [0, 0.1) is 0 Å². The van der Waals surface area contributed by atoms with Crippen molar-refractivity contribution < 1.29 is 0 Å². The summed E-state index contributed by atoms with van der Waals surface area (Å²) in [6.45, 7) is 6.67. The minimum absolute atomic E-state index is 0.601. The quantitative estimate of drug-likeness (QED) is 0.658. The van der Waals surface area contributed by atoms with Crippen LogP contribution < -0.4 is 0 Å². The number of unbranched alkanes of at least 4 members (excludes halogenated alkanes) is 1. The number of hydrogen-bond acceptors (Lipinski definition) is 0. The Kier molecular flexibility index (Phi) is 4.98. The SMILES string of the molecule is [B]S(C)(CCCC)c1ccc(C(C)C)cc1. The molecule has 0 fully saturated rings. The Morgan fingerprint density at radius 2 is 1.75 bits per heavy atom. The molecule has 0 saturated carbocycles. The molecule has 0 spiro atoms. The third-order valence-electron chi connectivity index (χ3n) is 3.01. The van der Waals surface area contributed by atoms with E-state index in [1.165, 1.54) is 23.3 Å². The second kappa shape index (κ2) is 5.81. The molecule has 1 atom stereocenters. The summed E-state index contributed by atoms with van der Waals surface area (Å²) in [5, 5.41) is 0. The van der Waals surface area contributed by atoms with Crippen LogP contribution in [0.3, 0.4) is 0 Å². The monoisotopic (exact) mass is 234 g/mol. The van der Waals surface area contributed by atoms with Crippen LogP contribution in [0.25, 0.3) is 0 Å². The van der Waals surface area contributed by atoms with Crippen LogP contribution in [0.15, 0.2) is 29.2 Å². The molecule has 0 heterocycles. The van der Waals surface area contributed by atoms with Crippen molar-refractivity contribution in [3.63, 3.8) is 0 Å². The lowest BCUT2D eigenvalue weighted by Gasteiger charge is -2.32. The van der Waals surface area contributed by atoms with E-state index in [9.17, 15) is 0 Å². The second-order valence-electron chi connectivity index (χ2n) is 4.94. The molecule has 2 heteroatoms. The van der Waals surface area contributed by atoms with Gasteiger partial charge in [0.1, 0.15) is 7.12 Å². The normalized spacial score (nSPS) is 17.1. The van der Waals surface area contributed by atoms with Crippen LogP contribution in [0.1, 0.15) is 45.1 Å². The molecule has 0 nitrogen and oxygen atoms in total. The molecule has 0 N–H and O–H groups in total. The largest absolute Gasteiger partial charge is 0.260 e. The fourth-order valence-corrected chi connectivity index (χ4v) is 3.61. The van der Waals surface area contributed by atoms with Crippen molar-refractivity contribution in [1.29, 1.82) is 0 Å². The van der Waals surface area contributed by atoms with E-state index >= 15 is 0 Å². The molecule has 0 saturated heterocycles. The summed E-state index contributed by atoms with van der Waals surface area (Å²) in [5.41, 5.74) is 1.40. The number of rotatable bonds is 5. The topological polar surface area (TPSA) is 0 Å². The van der Waals surface area contributed by atoms with Crippen molar-refractivity contribution in [2.45, 2.75) is 44.4 Å². The van der Waals surface area contributed by atoms with Gasteiger partial charge in [0.05, 0.1) is 0 Å². The van der Waals surface area contributed by atoms with Crippen molar-refractivity contribution in [3.8, 4) is 0 Å². The third-order valence-corrected chi connectivity index (χ3v) is 5.49. The summed E-state index contributed by atoms with van der Waals surface area (Å²) in [6, 6.07) is 8.90. The van der Waals surface area contributed by atoms with Crippen LogP contribution >= 0.6 is 9.88 Å². The van der Waals surface area contributed by atoms with Gasteiger partial charge < -0.3 is 0 Å². The van der Waals surface area contributed by atoms with Gasteiger partial charge in [0.15, 0.2) is 0 Å². The maximum atomic E-state index is 6.43. The molecule has 0 bridgehead atoms. The van der Waals surface area contributed by atoms with Gasteiger partial charge in [-0.1, -0.05) is 51.5 Å². The first-order valence-corrected chi connectivity index (χ1v) is 8.38. The highest BCUT2D eigenvalue weighted by Crippen LogP contribution is 2.48. The first-order valence-electron chi connectivity index (χ1n) is 6.11. The van der Waals surface area contributed by atoms with Gasteiger partial charge >= 0.3 is 0 Å². The lowest BCUT2D eigenvalue weighted by Crippen LogP contribution is -2.03. The van der Waals surface area contributed by atoms with E-state index in [1.807, 2.05) is 0 Å².